The van der Waals surface area contributed by atoms with Crippen molar-refractivity contribution in [2.24, 2.45) is 4.99 Å². The summed E-state index contributed by atoms with van der Waals surface area (Å²) in [6, 6.07) is 14.4. The summed E-state index contributed by atoms with van der Waals surface area (Å²) in [4.78, 5) is 20.7. The molecule has 2 aromatic rings. The van der Waals surface area contributed by atoms with E-state index >= 15 is 0 Å². The van der Waals surface area contributed by atoms with E-state index in [-0.39, 0.29) is 24.5 Å². The molecule has 1 amide bonds. The number of guanidine groups is 1. The highest BCUT2D eigenvalue weighted by atomic mass is 16.3. The molecule has 1 aromatic heterocycles. The van der Waals surface area contributed by atoms with Gasteiger partial charge in [-0.1, -0.05) is 36.8 Å². The Kier molecular flexibility index (Phi) is 8.53. The van der Waals surface area contributed by atoms with Crippen molar-refractivity contribution in [2.45, 2.75) is 38.3 Å². The molecule has 2 N–H and O–H groups in total. The lowest BCUT2D eigenvalue weighted by Crippen LogP contribution is -2.45. The number of hydrogen-bond acceptors (Lipinski definition) is 4. The maximum atomic E-state index is 12.1. The van der Waals surface area contributed by atoms with Gasteiger partial charge in [-0.15, -0.1) is 0 Å². The first-order chi connectivity index (χ1) is 15.0. The Morgan fingerprint density at radius 2 is 1.87 bits per heavy atom. The number of furan rings is 1. The molecule has 2 heterocycles. The summed E-state index contributed by atoms with van der Waals surface area (Å²) in [7, 11) is 3.49. The van der Waals surface area contributed by atoms with Crippen molar-refractivity contribution < 1.29 is 9.21 Å². The number of likely N-dealkylation sites (tertiary alicyclic amines) is 1. The second kappa shape index (κ2) is 11.6. The highest BCUT2D eigenvalue weighted by Crippen LogP contribution is 2.24. The third-order valence-electron chi connectivity index (χ3n) is 5.69. The van der Waals surface area contributed by atoms with Gasteiger partial charge in [-0.25, -0.2) is 4.99 Å². The zero-order chi connectivity index (χ0) is 22.1. The van der Waals surface area contributed by atoms with Crippen molar-refractivity contribution in [2.75, 3.05) is 40.3 Å². The number of benzene rings is 1. The van der Waals surface area contributed by atoms with Crippen LogP contribution in [0.1, 0.15) is 49.6 Å². The number of carbonyl (C=O) groups is 1. The Hall–Kier alpha value is -2.80. The molecule has 0 spiro atoms. The Morgan fingerprint density at radius 3 is 2.52 bits per heavy atom. The molecule has 7 nitrogen and oxygen atoms in total. The number of nitrogens with one attached hydrogen (secondary N) is 2. The highest BCUT2D eigenvalue weighted by molar-refractivity contribution is 5.85. The van der Waals surface area contributed by atoms with E-state index in [9.17, 15) is 4.79 Å². The minimum Gasteiger partial charge on any atom is -0.468 e. The molecule has 2 unspecified atom stereocenters. The second-order valence-electron chi connectivity index (χ2n) is 8.24. The lowest BCUT2D eigenvalue weighted by atomic mass is 10.1. The minimum absolute atomic E-state index is 0.0351. The van der Waals surface area contributed by atoms with Crippen molar-refractivity contribution in [1.29, 1.82) is 0 Å². The van der Waals surface area contributed by atoms with Gasteiger partial charge >= 0.3 is 0 Å². The summed E-state index contributed by atoms with van der Waals surface area (Å²) in [5, 5.41) is 6.92. The molecule has 0 bridgehead atoms. The second-order valence-corrected chi connectivity index (χ2v) is 8.24. The summed E-state index contributed by atoms with van der Waals surface area (Å²) >= 11 is 0. The summed E-state index contributed by atoms with van der Waals surface area (Å²) < 4.78 is 5.76. The molecule has 1 aliphatic heterocycles. The van der Waals surface area contributed by atoms with Gasteiger partial charge in [0, 0.05) is 20.6 Å². The van der Waals surface area contributed by atoms with E-state index in [4.69, 9.17) is 4.42 Å². The zero-order valence-corrected chi connectivity index (χ0v) is 18.9. The largest absolute Gasteiger partial charge is 0.468 e. The van der Waals surface area contributed by atoms with Crippen LogP contribution in [0.25, 0.3) is 0 Å². The average molecular weight is 426 g/mol. The van der Waals surface area contributed by atoms with E-state index in [1.807, 2.05) is 30.3 Å². The molecule has 0 saturated carbocycles. The smallest absolute Gasteiger partial charge is 0.243 e. The predicted octanol–water partition coefficient (Wildman–Crippen LogP) is 3.19. The highest BCUT2D eigenvalue weighted by Gasteiger charge is 2.25. The minimum atomic E-state index is -0.0351. The van der Waals surface area contributed by atoms with Gasteiger partial charge in [0.2, 0.25) is 5.91 Å². The SMILES string of the molecule is CC(NC(=NCC(=O)N(C)C)NCC(c1ccco1)N1CCCCC1)c1ccccc1. The Labute approximate surface area is 185 Å². The van der Waals surface area contributed by atoms with E-state index in [2.05, 4.69) is 39.6 Å². The molecule has 31 heavy (non-hydrogen) atoms. The van der Waals surface area contributed by atoms with Gasteiger partial charge in [-0.05, 0) is 50.6 Å². The third-order valence-corrected chi connectivity index (χ3v) is 5.69. The van der Waals surface area contributed by atoms with Gasteiger partial charge in [-0.2, -0.15) is 0 Å². The van der Waals surface area contributed by atoms with Gasteiger partial charge in [0.05, 0.1) is 18.3 Å². The Balaban J connectivity index is 1.72. The number of piperidine rings is 1. The van der Waals surface area contributed by atoms with Crippen LogP contribution in [0.5, 0.6) is 0 Å². The van der Waals surface area contributed by atoms with E-state index < -0.39 is 0 Å². The molecule has 1 aliphatic rings. The van der Waals surface area contributed by atoms with Crippen molar-refractivity contribution in [3.8, 4) is 0 Å². The van der Waals surface area contributed by atoms with Crippen LogP contribution in [-0.2, 0) is 4.79 Å². The molecule has 2 atom stereocenters. The zero-order valence-electron chi connectivity index (χ0n) is 18.9. The van der Waals surface area contributed by atoms with Crippen LogP contribution in [-0.4, -0.2) is 61.9 Å². The number of amides is 1. The van der Waals surface area contributed by atoms with Crippen LogP contribution in [0, 0.1) is 0 Å². The van der Waals surface area contributed by atoms with Gasteiger partial charge in [0.15, 0.2) is 5.96 Å². The maximum absolute atomic E-state index is 12.1. The van der Waals surface area contributed by atoms with Crippen molar-refractivity contribution in [1.82, 2.24) is 20.4 Å². The molecule has 0 aliphatic carbocycles. The molecule has 168 valence electrons. The van der Waals surface area contributed by atoms with E-state index in [1.54, 1.807) is 25.3 Å². The fourth-order valence-electron chi connectivity index (χ4n) is 3.78. The van der Waals surface area contributed by atoms with Crippen LogP contribution < -0.4 is 10.6 Å². The van der Waals surface area contributed by atoms with Gasteiger partial charge in [0.1, 0.15) is 12.3 Å². The number of nitrogens with zero attached hydrogens (tertiary/aromatic N) is 3. The third kappa shape index (κ3) is 6.85. The van der Waals surface area contributed by atoms with Crippen LogP contribution in [0.2, 0.25) is 0 Å². The normalized spacial score (nSPS) is 17.1. The number of likely N-dealkylation sites (N-methyl/N-ethyl adjacent to an activating group) is 1. The maximum Gasteiger partial charge on any atom is 0.243 e. The molecular formula is C24H35N5O2. The Morgan fingerprint density at radius 1 is 1.13 bits per heavy atom. The average Bonchev–Trinajstić information content (AvgIpc) is 3.33. The molecule has 7 heteroatoms. The molecule has 0 radical (unpaired) electrons. The monoisotopic (exact) mass is 425 g/mol. The van der Waals surface area contributed by atoms with Gasteiger partial charge < -0.3 is 20.0 Å². The van der Waals surface area contributed by atoms with E-state index in [1.165, 1.54) is 19.3 Å². The molecule has 1 fully saturated rings. The van der Waals surface area contributed by atoms with E-state index in [0.717, 1.165) is 24.4 Å². The van der Waals surface area contributed by atoms with Crippen LogP contribution in [0.4, 0.5) is 0 Å². The standard InChI is InChI=1S/C24H35N5O2/c1-19(20-11-6-4-7-12-20)27-24(26-18-23(30)28(2)3)25-17-21(22-13-10-16-31-22)29-14-8-5-9-15-29/h4,6-7,10-13,16,19,21H,5,8-9,14-15,17-18H2,1-3H3,(H2,25,26,27). The summed E-state index contributed by atoms with van der Waals surface area (Å²) in [5.74, 6) is 1.54. The number of rotatable bonds is 8. The van der Waals surface area contributed by atoms with Crippen molar-refractivity contribution >= 4 is 11.9 Å². The predicted molar refractivity (Wildman–Crippen MR) is 124 cm³/mol. The quantitative estimate of drug-likeness (QED) is 0.502. The lowest BCUT2D eigenvalue weighted by Gasteiger charge is -2.34. The summed E-state index contributed by atoms with van der Waals surface area (Å²) in [6.45, 7) is 4.96. The Bertz CT molecular complexity index is 814. The molecule has 3 rings (SSSR count). The van der Waals surface area contributed by atoms with Crippen LogP contribution in [0.15, 0.2) is 58.1 Å². The topological polar surface area (TPSA) is 73.1 Å². The number of hydrogen-bond donors (Lipinski definition) is 2. The summed E-state index contributed by atoms with van der Waals surface area (Å²) in [6.07, 6.45) is 5.43. The fraction of sp³-hybridized carbons (Fsp3) is 0.500. The van der Waals surface area contributed by atoms with Gasteiger partial charge in [0.25, 0.3) is 0 Å². The molecule has 1 saturated heterocycles. The van der Waals surface area contributed by atoms with Crippen LogP contribution >= 0.6 is 0 Å². The first kappa shape index (κ1) is 22.9. The first-order valence-corrected chi connectivity index (χ1v) is 11.1. The number of aliphatic imine (C=N–C) groups is 1. The van der Waals surface area contributed by atoms with Crippen molar-refractivity contribution in [3.63, 3.8) is 0 Å². The first-order valence-electron chi connectivity index (χ1n) is 11.1. The number of carbonyl (C=O) groups excluding carboxylic acids is 1. The van der Waals surface area contributed by atoms with Crippen molar-refractivity contribution in [3.05, 3.63) is 60.1 Å². The van der Waals surface area contributed by atoms with Crippen LogP contribution in [0.3, 0.4) is 0 Å². The summed E-state index contributed by atoms with van der Waals surface area (Å²) in [5.41, 5.74) is 1.16. The fourth-order valence-corrected chi connectivity index (χ4v) is 3.78. The van der Waals surface area contributed by atoms with E-state index in [0.29, 0.717) is 12.5 Å². The lowest BCUT2D eigenvalue weighted by molar-refractivity contribution is -0.127. The van der Waals surface area contributed by atoms with Gasteiger partial charge in [-0.3, -0.25) is 9.69 Å². The molecule has 1 aromatic carbocycles. The molecular weight excluding hydrogens is 390 g/mol.